The molecule has 14 heavy (non-hydrogen) atoms. The summed E-state index contributed by atoms with van der Waals surface area (Å²) in [5.74, 6) is -0.325. The van der Waals surface area contributed by atoms with Crippen LogP contribution in [0.3, 0.4) is 0 Å². The highest BCUT2D eigenvalue weighted by Gasteiger charge is 2.10. The van der Waals surface area contributed by atoms with E-state index >= 15 is 0 Å². The van der Waals surface area contributed by atoms with Gasteiger partial charge in [0.1, 0.15) is 0 Å². The maximum atomic E-state index is 10.8. The normalized spacial score (nSPS) is 10.1. The number of alkyl halides is 1. The average molecular weight is 278 g/mol. The van der Waals surface area contributed by atoms with Gasteiger partial charge in [-0.05, 0) is 40.4 Å². The topological polar surface area (TPSA) is 37.3 Å². The van der Waals surface area contributed by atoms with Gasteiger partial charge in [-0.3, -0.25) is 0 Å². The molecule has 1 rings (SSSR count). The van der Waals surface area contributed by atoms with Crippen LogP contribution in [0.1, 0.15) is 22.3 Å². The summed E-state index contributed by atoms with van der Waals surface area (Å²) >= 11 is 8.86. The van der Waals surface area contributed by atoms with Gasteiger partial charge in [-0.2, -0.15) is 0 Å². The zero-order valence-corrected chi connectivity index (χ0v) is 9.81. The quantitative estimate of drug-likeness (QED) is 0.857. The van der Waals surface area contributed by atoms with E-state index in [1.165, 1.54) is 0 Å². The molecular weight excluding hydrogens is 267 g/mol. The highest BCUT2D eigenvalue weighted by molar-refractivity contribution is 9.10. The third-order valence-corrected chi connectivity index (χ3v) is 3.09. The Morgan fingerprint density at radius 3 is 2.79 bits per heavy atom. The molecule has 0 atom stereocenters. The van der Waals surface area contributed by atoms with Crippen molar-refractivity contribution >= 4 is 33.5 Å². The Balaban J connectivity index is 2.95. The summed E-state index contributed by atoms with van der Waals surface area (Å²) in [5, 5.41) is 8.86. The van der Waals surface area contributed by atoms with Gasteiger partial charge in [0, 0.05) is 10.4 Å². The smallest absolute Gasteiger partial charge is 0.336 e. The van der Waals surface area contributed by atoms with E-state index in [0.717, 1.165) is 18.4 Å². The second kappa shape index (κ2) is 5.37. The molecule has 1 aromatic rings. The number of rotatable bonds is 4. The van der Waals surface area contributed by atoms with E-state index in [9.17, 15) is 4.79 Å². The standard InChI is InChI=1S/C10H10BrClO2/c11-9-7(4-2-6-12)3-1-5-8(9)10(13)14/h1,3,5H,2,4,6H2,(H,13,14). The fourth-order valence-electron chi connectivity index (χ4n) is 1.20. The van der Waals surface area contributed by atoms with Crippen molar-refractivity contribution in [3.05, 3.63) is 33.8 Å². The number of halogens is 2. The fraction of sp³-hybridized carbons (Fsp3) is 0.300. The Bertz CT molecular complexity index is 339. The van der Waals surface area contributed by atoms with Crippen molar-refractivity contribution in [1.29, 1.82) is 0 Å². The van der Waals surface area contributed by atoms with Gasteiger partial charge in [0.15, 0.2) is 0 Å². The van der Waals surface area contributed by atoms with Crippen molar-refractivity contribution < 1.29 is 9.90 Å². The first-order chi connectivity index (χ1) is 6.66. The van der Waals surface area contributed by atoms with Gasteiger partial charge < -0.3 is 5.11 Å². The summed E-state index contributed by atoms with van der Waals surface area (Å²) in [6.07, 6.45) is 1.65. The molecule has 0 fully saturated rings. The maximum Gasteiger partial charge on any atom is 0.336 e. The van der Waals surface area contributed by atoms with Gasteiger partial charge in [-0.1, -0.05) is 12.1 Å². The predicted octanol–water partition coefficient (Wildman–Crippen LogP) is 3.32. The lowest BCUT2D eigenvalue weighted by Gasteiger charge is -2.05. The lowest BCUT2D eigenvalue weighted by molar-refractivity contribution is 0.0695. The second-order valence-electron chi connectivity index (χ2n) is 2.88. The van der Waals surface area contributed by atoms with Crippen LogP contribution in [0.2, 0.25) is 0 Å². The molecule has 0 saturated heterocycles. The minimum absolute atomic E-state index is 0.303. The van der Waals surface area contributed by atoms with Gasteiger partial charge in [-0.15, -0.1) is 11.6 Å². The molecule has 0 aliphatic rings. The number of aryl methyl sites for hydroxylation is 1. The Morgan fingerprint density at radius 1 is 1.50 bits per heavy atom. The molecule has 76 valence electrons. The first kappa shape index (κ1) is 11.5. The summed E-state index contributed by atoms with van der Waals surface area (Å²) in [4.78, 5) is 10.8. The Kier molecular flexibility index (Phi) is 4.42. The molecule has 0 bridgehead atoms. The number of carboxylic acids is 1. The van der Waals surface area contributed by atoms with Crippen molar-refractivity contribution in [3.8, 4) is 0 Å². The molecule has 1 N–H and O–H groups in total. The number of hydrogen-bond donors (Lipinski definition) is 1. The zero-order chi connectivity index (χ0) is 10.6. The van der Waals surface area contributed by atoms with E-state index in [4.69, 9.17) is 16.7 Å². The van der Waals surface area contributed by atoms with Crippen LogP contribution < -0.4 is 0 Å². The lowest BCUT2D eigenvalue weighted by atomic mass is 10.1. The SMILES string of the molecule is O=C(O)c1cccc(CCCCl)c1Br. The third-order valence-electron chi connectivity index (χ3n) is 1.89. The first-order valence-electron chi connectivity index (χ1n) is 4.23. The number of benzene rings is 1. The van der Waals surface area contributed by atoms with Gasteiger partial charge in [0.2, 0.25) is 0 Å². The van der Waals surface area contributed by atoms with Crippen LogP contribution in [-0.2, 0) is 6.42 Å². The molecule has 4 heteroatoms. The third kappa shape index (κ3) is 2.72. The van der Waals surface area contributed by atoms with Crippen molar-refractivity contribution in [2.45, 2.75) is 12.8 Å². The predicted molar refractivity (Wildman–Crippen MR) is 60.1 cm³/mol. The van der Waals surface area contributed by atoms with E-state index in [1.54, 1.807) is 12.1 Å². The molecule has 0 aliphatic carbocycles. The minimum Gasteiger partial charge on any atom is -0.478 e. The van der Waals surface area contributed by atoms with Crippen LogP contribution in [0, 0.1) is 0 Å². The molecule has 1 aromatic carbocycles. The van der Waals surface area contributed by atoms with Crippen LogP contribution in [0.15, 0.2) is 22.7 Å². The van der Waals surface area contributed by atoms with E-state index in [2.05, 4.69) is 15.9 Å². The summed E-state index contributed by atoms with van der Waals surface area (Å²) in [7, 11) is 0. The Hall–Kier alpha value is -0.540. The number of carboxylic acid groups (broad SMARTS) is 1. The van der Waals surface area contributed by atoms with Gasteiger partial charge >= 0.3 is 5.97 Å². The molecule has 0 spiro atoms. The van der Waals surface area contributed by atoms with Gasteiger partial charge in [-0.25, -0.2) is 4.79 Å². The number of carbonyl (C=O) groups is 1. The van der Waals surface area contributed by atoms with Crippen LogP contribution >= 0.6 is 27.5 Å². The summed E-state index contributed by atoms with van der Waals surface area (Å²) in [5.41, 5.74) is 1.29. The number of aromatic carboxylic acids is 1. The van der Waals surface area contributed by atoms with Crippen molar-refractivity contribution in [2.24, 2.45) is 0 Å². The van der Waals surface area contributed by atoms with E-state index in [0.29, 0.717) is 15.9 Å². The Labute approximate surface area is 96.0 Å². The van der Waals surface area contributed by atoms with Crippen LogP contribution in [0.5, 0.6) is 0 Å². The summed E-state index contributed by atoms with van der Waals surface area (Å²) < 4.78 is 0.664. The van der Waals surface area contributed by atoms with Crippen molar-refractivity contribution in [2.75, 3.05) is 5.88 Å². The maximum absolute atomic E-state index is 10.8. The monoisotopic (exact) mass is 276 g/mol. The first-order valence-corrected chi connectivity index (χ1v) is 5.56. The molecule has 2 nitrogen and oxygen atoms in total. The molecule has 0 amide bonds. The molecule has 0 aromatic heterocycles. The fourth-order valence-corrected chi connectivity index (χ4v) is 1.96. The molecular formula is C10H10BrClO2. The van der Waals surface area contributed by atoms with E-state index in [1.807, 2.05) is 6.07 Å². The second-order valence-corrected chi connectivity index (χ2v) is 4.05. The Morgan fingerprint density at radius 2 is 2.21 bits per heavy atom. The molecule has 0 aliphatic heterocycles. The largest absolute Gasteiger partial charge is 0.478 e. The summed E-state index contributed by atoms with van der Waals surface area (Å²) in [6, 6.07) is 5.23. The van der Waals surface area contributed by atoms with E-state index < -0.39 is 5.97 Å². The zero-order valence-electron chi connectivity index (χ0n) is 7.46. The molecule has 0 heterocycles. The van der Waals surface area contributed by atoms with Crippen LogP contribution in [0.4, 0.5) is 0 Å². The molecule has 0 radical (unpaired) electrons. The minimum atomic E-state index is -0.912. The summed E-state index contributed by atoms with van der Waals surface area (Å²) in [6.45, 7) is 0. The van der Waals surface area contributed by atoms with Gasteiger partial charge in [0.25, 0.3) is 0 Å². The van der Waals surface area contributed by atoms with Crippen LogP contribution in [-0.4, -0.2) is 17.0 Å². The average Bonchev–Trinajstić information content (AvgIpc) is 2.16. The highest BCUT2D eigenvalue weighted by Crippen LogP contribution is 2.23. The molecule has 0 saturated carbocycles. The highest BCUT2D eigenvalue weighted by atomic mass is 79.9. The lowest BCUT2D eigenvalue weighted by Crippen LogP contribution is -2.00. The van der Waals surface area contributed by atoms with E-state index in [-0.39, 0.29) is 0 Å². The molecule has 0 unspecified atom stereocenters. The number of hydrogen-bond acceptors (Lipinski definition) is 1. The van der Waals surface area contributed by atoms with Crippen molar-refractivity contribution in [3.63, 3.8) is 0 Å². The van der Waals surface area contributed by atoms with Crippen molar-refractivity contribution in [1.82, 2.24) is 0 Å². The van der Waals surface area contributed by atoms with Crippen LogP contribution in [0.25, 0.3) is 0 Å². The van der Waals surface area contributed by atoms with Gasteiger partial charge in [0.05, 0.1) is 5.56 Å².